The van der Waals surface area contributed by atoms with E-state index in [0.29, 0.717) is 24.6 Å². The lowest BCUT2D eigenvalue weighted by atomic mass is 9.97. The van der Waals surface area contributed by atoms with Gasteiger partial charge in [-0.1, -0.05) is 38.8 Å². The molecule has 7 nitrogen and oxygen atoms in total. The minimum absolute atomic E-state index is 0.0508. The Bertz CT molecular complexity index is 1200. The van der Waals surface area contributed by atoms with Crippen molar-refractivity contribution in [3.8, 4) is 17.2 Å². The predicted molar refractivity (Wildman–Crippen MR) is 159 cm³/mol. The average Bonchev–Trinajstić information content (AvgIpc) is 2.96. The molecule has 0 saturated carbocycles. The maximum absolute atomic E-state index is 13.7. The zero-order valence-electron chi connectivity index (χ0n) is 24.5. The van der Waals surface area contributed by atoms with Crippen molar-refractivity contribution >= 4 is 22.5 Å². The summed E-state index contributed by atoms with van der Waals surface area (Å²) in [6.07, 6.45) is 7.55. The van der Waals surface area contributed by atoms with Crippen molar-refractivity contribution in [3.63, 3.8) is 0 Å². The lowest BCUT2D eigenvalue weighted by Crippen LogP contribution is -2.37. The third-order valence-electron chi connectivity index (χ3n) is 7.26. The van der Waals surface area contributed by atoms with Crippen molar-refractivity contribution in [2.24, 2.45) is 5.92 Å². The topological polar surface area (TPSA) is 72.9 Å². The lowest BCUT2D eigenvalue weighted by molar-refractivity contribution is -0.136. The number of carbonyl (C=O) groups is 1. The summed E-state index contributed by atoms with van der Waals surface area (Å²) in [5.74, 6) is 2.46. The number of anilines is 1. The normalized spacial score (nSPS) is 12.6. The molecule has 3 rings (SSSR count). The second-order valence-electron chi connectivity index (χ2n) is 10.1. The van der Waals surface area contributed by atoms with Gasteiger partial charge in [0.2, 0.25) is 5.91 Å². The number of nitrogens with zero attached hydrogens (tertiary/aromatic N) is 2. The van der Waals surface area contributed by atoms with Gasteiger partial charge in [0.25, 0.3) is 0 Å². The number of aromatic nitrogens is 1. The number of methoxy groups -OCH3 is 3. The molecule has 0 spiro atoms. The van der Waals surface area contributed by atoms with Crippen LogP contribution in [0.1, 0.15) is 64.9 Å². The number of pyridine rings is 1. The van der Waals surface area contributed by atoms with Crippen LogP contribution in [-0.4, -0.2) is 49.7 Å². The fourth-order valence-electron chi connectivity index (χ4n) is 5.00. The second kappa shape index (κ2) is 15.2. The first-order chi connectivity index (χ1) is 18.9. The van der Waals surface area contributed by atoms with Gasteiger partial charge in [-0.3, -0.25) is 9.78 Å². The van der Waals surface area contributed by atoms with Gasteiger partial charge in [0.15, 0.2) is 11.5 Å². The molecule has 0 aliphatic heterocycles. The average molecular weight is 536 g/mol. The van der Waals surface area contributed by atoms with Gasteiger partial charge >= 0.3 is 0 Å². The number of hydrogen-bond acceptors (Lipinski definition) is 6. The molecule has 2 atom stereocenters. The molecule has 0 radical (unpaired) electrons. The summed E-state index contributed by atoms with van der Waals surface area (Å²) in [5.41, 5.74) is 2.92. The van der Waals surface area contributed by atoms with E-state index >= 15 is 0 Å². The number of ether oxygens (including phenoxy) is 3. The Labute approximate surface area is 233 Å². The quantitative estimate of drug-likeness (QED) is 0.211. The van der Waals surface area contributed by atoms with E-state index < -0.39 is 0 Å². The Morgan fingerprint density at radius 2 is 1.77 bits per heavy atom. The van der Waals surface area contributed by atoms with Crippen LogP contribution in [-0.2, 0) is 11.3 Å². The highest BCUT2D eigenvalue weighted by Crippen LogP contribution is 2.30. The van der Waals surface area contributed by atoms with Crippen LogP contribution < -0.4 is 19.5 Å². The number of amides is 1. The highest BCUT2D eigenvalue weighted by Gasteiger charge is 2.23. The molecule has 1 amide bonds. The van der Waals surface area contributed by atoms with Crippen molar-refractivity contribution < 1.29 is 19.0 Å². The van der Waals surface area contributed by atoms with Crippen LogP contribution in [0, 0.1) is 5.92 Å². The number of hydrogen-bond donors (Lipinski definition) is 1. The monoisotopic (exact) mass is 535 g/mol. The lowest BCUT2D eigenvalue weighted by Gasteiger charge is -2.28. The van der Waals surface area contributed by atoms with E-state index in [0.717, 1.165) is 66.4 Å². The van der Waals surface area contributed by atoms with E-state index in [1.165, 1.54) is 0 Å². The molecule has 212 valence electrons. The van der Waals surface area contributed by atoms with Crippen LogP contribution in [0.15, 0.2) is 48.7 Å². The maximum atomic E-state index is 13.7. The molecule has 1 heterocycles. The summed E-state index contributed by atoms with van der Waals surface area (Å²) in [6.45, 7) is 7.71. The summed E-state index contributed by atoms with van der Waals surface area (Å²) < 4.78 is 16.4. The van der Waals surface area contributed by atoms with Crippen molar-refractivity contribution in [1.82, 2.24) is 9.88 Å². The van der Waals surface area contributed by atoms with E-state index in [4.69, 9.17) is 14.2 Å². The molecule has 0 aliphatic carbocycles. The summed E-state index contributed by atoms with van der Waals surface area (Å²) in [5, 5.41) is 4.66. The summed E-state index contributed by atoms with van der Waals surface area (Å²) in [6, 6.07) is 14.1. The van der Waals surface area contributed by atoms with Crippen molar-refractivity contribution in [3.05, 3.63) is 54.2 Å². The molecule has 7 heteroatoms. The van der Waals surface area contributed by atoms with Gasteiger partial charge in [0.05, 0.1) is 32.5 Å². The number of carbonyl (C=O) groups excluding carboxylic acids is 1. The van der Waals surface area contributed by atoms with Crippen molar-refractivity contribution in [2.45, 2.75) is 71.9 Å². The van der Waals surface area contributed by atoms with Crippen LogP contribution in [0.3, 0.4) is 0 Å². The number of unbranched alkanes of at least 4 members (excludes halogenated alkanes) is 1. The van der Waals surface area contributed by atoms with Gasteiger partial charge < -0.3 is 24.4 Å². The number of benzene rings is 2. The van der Waals surface area contributed by atoms with Crippen LogP contribution in [0.5, 0.6) is 17.2 Å². The molecule has 39 heavy (non-hydrogen) atoms. The Balaban J connectivity index is 1.71. The van der Waals surface area contributed by atoms with Crippen LogP contribution >= 0.6 is 0 Å². The molecular weight excluding hydrogens is 490 g/mol. The summed E-state index contributed by atoms with van der Waals surface area (Å²) >= 11 is 0. The van der Waals surface area contributed by atoms with Gasteiger partial charge in [-0.2, -0.15) is 0 Å². The number of nitrogens with one attached hydrogen (secondary N) is 1. The minimum Gasteiger partial charge on any atom is -0.497 e. The van der Waals surface area contributed by atoms with E-state index in [9.17, 15) is 4.79 Å². The Morgan fingerprint density at radius 1 is 0.974 bits per heavy atom. The first-order valence-corrected chi connectivity index (χ1v) is 14.1. The number of rotatable bonds is 16. The van der Waals surface area contributed by atoms with Gasteiger partial charge in [-0.25, -0.2) is 0 Å². The fourth-order valence-corrected chi connectivity index (χ4v) is 5.00. The predicted octanol–water partition coefficient (Wildman–Crippen LogP) is 7.09. The van der Waals surface area contributed by atoms with Gasteiger partial charge in [-0.15, -0.1) is 0 Å². The molecule has 3 aromatic rings. The smallest absolute Gasteiger partial charge is 0.225 e. The highest BCUT2D eigenvalue weighted by molar-refractivity contribution is 5.91. The van der Waals surface area contributed by atoms with E-state index in [1.807, 2.05) is 53.6 Å². The van der Waals surface area contributed by atoms with Gasteiger partial charge in [0, 0.05) is 42.7 Å². The molecule has 0 bridgehead atoms. The van der Waals surface area contributed by atoms with E-state index in [-0.39, 0.29) is 17.9 Å². The summed E-state index contributed by atoms with van der Waals surface area (Å²) in [4.78, 5) is 20.3. The Hall–Kier alpha value is -3.48. The fraction of sp³-hybridized carbons (Fsp3) is 0.500. The molecule has 2 aromatic carbocycles. The van der Waals surface area contributed by atoms with Crippen molar-refractivity contribution in [1.29, 1.82) is 0 Å². The molecule has 0 fully saturated rings. The second-order valence-corrected chi connectivity index (χ2v) is 10.1. The zero-order chi connectivity index (χ0) is 28.2. The molecule has 1 aromatic heterocycles. The first kappa shape index (κ1) is 30.1. The zero-order valence-corrected chi connectivity index (χ0v) is 24.5. The van der Waals surface area contributed by atoms with E-state index in [1.54, 1.807) is 21.3 Å². The highest BCUT2D eigenvalue weighted by atomic mass is 16.5. The van der Waals surface area contributed by atoms with Crippen LogP contribution in [0.4, 0.5) is 5.69 Å². The summed E-state index contributed by atoms with van der Waals surface area (Å²) in [7, 11) is 4.95. The Morgan fingerprint density at radius 3 is 2.46 bits per heavy atom. The molecule has 1 N–H and O–H groups in total. The standard InChI is InChI=1S/C32H45N3O4/c1-7-9-13-25(8-2)32(36)35(22-24-15-16-29(38-5)30(19-24)39-6)18-11-12-23(3)34-28-21-27(37-4)20-26-14-10-17-33-31(26)28/h10,14-17,19-21,23,25,34H,7-9,11-13,18,22H2,1-6H3. The van der Waals surface area contributed by atoms with Crippen LogP contribution in [0.2, 0.25) is 0 Å². The SMILES string of the molecule is CCCCC(CC)C(=O)N(CCCC(C)Nc1cc(OC)cc2cccnc12)Cc1ccc(OC)c(OC)c1. The maximum Gasteiger partial charge on any atom is 0.225 e. The third-order valence-corrected chi connectivity index (χ3v) is 7.26. The Kier molecular flexibility index (Phi) is 11.7. The third kappa shape index (κ3) is 8.25. The first-order valence-electron chi connectivity index (χ1n) is 14.1. The van der Waals surface area contributed by atoms with Gasteiger partial charge in [0.1, 0.15) is 5.75 Å². The van der Waals surface area contributed by atoms with Gasteiger partial charge in [-0.05, 0) is 62.4 Å². The van der Waals surface area contributed by atoms with Crippen molar-refractivity contribution in [2.75, 3.05) is 33.2 Å². The molecule has 0 saturated heterocycles. The minimum atomic E-state index is 0.0508. The molecule has 2 unspecified atom stereocenters. The number of fused-ring (bicyclic) bond motifs is 1. The molecular formula is C32H45N3O4. The largest absolute Gasteiger partial charge is 0.497 e. The van der Waals surface area contributed by atoms with Crippen LogP contribution in [0.25, 0.3) is 10.9 Å². The van der Waals surface area contributed by atoms with E-state index in [2.05, 4.69) is 31.1 Å². The molecule has 0 aliphatic rings.